The van der Waals surface area contributed by atoms with Crippen molar-refractivity contribution in [2.75, 3.05) is 11.8 Å². The molecule has 0 fully saturated rings. The van der Waals surface area contributed by atoms with Crippen molar-refractivity contribution in [3.05, 3.63) is 17.2 Å². The lowest BCUT2D eigenvalue weighted by atomic mass is 10.3. The fraction of sp³-hybridized carbons (Fsp3) is 0.333. The zero-order valence-corrected chi connectivity index (χ0v) is 11.8. The number of benzene rings is 1. The van der Waals surface area contributed by atoms with Gasteiger partial charge in [0.05, 0.1) is 11.6 Å². The summed E-state index contributed by atoms with van der Waals surface area (Å²) in [6, 6.07) is 1.44. The second-order valence-electron chi connectivity index (χ2n) is 3.46. The molecule has 0 saturated carbocycles. The molecule has 0 radical (unpaired) electrons. The summed E-state index contributed by atoms with van der Waals surface area (Å²) in [7, 11) is -6.00. The largest absolute Gasteiger partial charge is 0.534 e. The summed E-state index contributed by atoms with van der Waals surface area (Å²) < 4.78 is 67.5. The van der Waals surface area contributed by atoms with Crippen LogP contribution in [0, 0.1) is 0 Å². The number of anilines is 1. The van der Waals surface area contributed by atoms with Crippen LogP contribution in [0.1, 0.15) is 6.92 Å². The molecular formula is C9H9ClF3NO6S. The third-order valence-electron chi connectivity index (χ3n) is 2.01. The molecule has 0 amide bonds. The molecule has 0 atom stereocenters. The van der Waals surface area contributed by atoms with Gasteiger partial charge in [0, 0.05) is 6.07 Å². The minimum atomic E-state index is -6.00. The summed E-state index contributed by atoms with van der Waals surface area (Å²) in [5, 5.41) is 16.9. The molecule has 1 rings (SSSR count). The van der Waals surface area contributed by atoms with Gasteiger partial charge in [-0.25, -0.2) is 0 Å². The molecule has 2 N–H and O–H groups in total. The molecule has 0 heterocycles. The van der Waals surface area contributed by atoms with E-state index in [0.717, 1.165) is 6.07 Å². The van der Waals surface area contributed by atoms with Crippen LogP contribution >= 0.6 is 11.6 Å². The quantitative estimate of drug-likeness (QED) is 0.478. The Morgan fingerprint density at radius 2 is 1.86 bits per heavy atom. The van der Waals surface area contributed by atoms with E-state index in [-0.39, 0.29) is 17.4 Å². The predicted octanol–water partition coefficient (Wildman–Crippen LogP) is 2.55. The monoisotopic (exact) mass is 351 g/mol. The molecule has 0 aliphatic rings. The molecule has 0 aromatic heterocycles. The second kappa shape index (κ2) is 6.13. The van der Waals surface area contributed by atoms with Crippen molar-refractivity contribution in [3.63, 3.8) is 0 Å². The highest BCUT2D eigenvalue weighted by Gasteiger charge is 2.49. The van der Waals surface area contributed by atoms with Crippen LogP contribution in [0.3, 0.4) is 0 Å². The number of ether oxygens (including phenoxy) is 1. The number of hydrogen-bond acceptors (Lipinski definition) is 7. The van der Waals surface area contributed by atoms with E-state index in [4.69, 9.17) is 26.8 Å². The molecule has 1 aromatic carbocycles. The number of rotatable bonds is 5. The SMILES string of the molecule is CCOc1cc(OS(=O)(=O)C(F)(F)F)c(N(O)O)cc1Cl. The number of alkyl halides is 3. The van der Waals surface area contributed by atoms with Gasteiger partial charge in [-0.3, -0.25) is 10.4 Å². The molecule has 12 heteroatoms. The first kappa shape index (κ1) is 17.6. The Hall–Kier alpha value is -1.43. The topological polar surface area (TPSA) is 96.3 Å². The minimum Gasteiger partial charge on any atom is -0.492 e. The lowest BCUT2D eigenvalue weighted by Crippen LogP contribution is -2.28. The predicted molar refractivity (Wildman–Crippen MR) is 64.3 cm³/mol. The van der Waals surface area contributed by atoms with E-state index in [1.807, 2.05) is 0 Å². The Labute approximate surface area is 122 Å². The highest BCUT2D eigenvalue weighted by molar-refractivity contribution is 7.88. The third-order valence-corrected chi connectivity index (χ3v) is 3.27. The fourth-order valence-corrected chi connectivity index (χ4v) is 1.86. The van der Waals surface area contributed by atoms with Gasteiger partial charge in [-0.2, -0.15) is 21.6 Å². The van der Waals surface area contributed by atoms with Gasteiger partial charge < -0.3 is 8.92 Å². The third kappa shape index (κ3) is 4.03. The van der Waals surface area contributed by atoms with Crippen LogP contribution in [0.5, 0.6) is 11.5 Å². The smallest absolute Gasteiger partial charge is 0.492 e. The van der Waals surface area contributed by atoms with Crippen LogP contribution in [-0.4, -0.2) is 30.9 Å². The van der Waals surface area contributed by atoms with Gasteiger partial charge in [0.2, 0.25) is 0 Å². The van der Waals surface area contributed by atoms with Gasteiger partial charge in [-0.1, -0.05) is 11.6 Å². The first-order valence-corrected chi connectivity index (χ1v) is 6.93. The summed E-state index contributed by atoms with van der Waals surface area (Å²) in [6.07, 6.45) is 0. The van der Waals surface area contributed by atoms with Crippen molar-refractivity contribution in [1.29, 1.82) is 0 Å². The Morgan fingerprint density at radius 3 is 2.29 bits per heavy atom. The zero-order chi connectivity index (χ0) is 16.4. The summed E-state index contributed by atoms with van der Waals surface area (Å²) >= 11 is 5.68. The van der Waals surface area contributed by atoms with Crippen molar-refractivity contribution < 1.29 is 40.9 Å². The number of hydrogen-bond donors (Lipinski definition) is 2. The van der Waals surface area contributed by atoms with Gasteiger partial charge in [-0.15, -0.1) is 5.23 Å². The first-order chi connectivity index (χ1) is 9.49. The molecular weight excluding hydrogens is 343 g/mol. The molecule has 120 valence electrons. The highest BCUT2D eigenvalue weighted by Crippen LogP contribution is 2.39. The van der Waals surface area contributed by atoms with Gasteiger partial charge in [0.15, 0.2) is 5.75 Å². The van der Waals surface area contributed by atoms with Crippen LogP contribution < -0.4 is 14.1 Å². The standard InChI is InChI=1S/C9H9ClF3NO6S/c1-2-19-7-4-8(6(14(15)16)3-5(7)10)20-21(17,18)9(11,12)13/h3-4,15-16H,2H2,1H3. The maximum absolute atomic E-state index is 12.3. The molecule has 1 aromatic rings. The lowest BCUT2D eigenvalue weighted by Gasteiger charge is -2.17. The Morgan fingerprint density at radius 1 is 1.29 bits per heavy atom. The Bertz CT molecular complexity index is 619. The maximum atomic E-state index is 12.3. The van der Waals surface area contributed by atoms with Crippen LogP contribution in [0.15, 0.2) is 12.1 Å². The molecule has 0 spiro atoms. The van der Waals surface area contributed by atoms with Gasteiger partial charge in [0.25, 0.3) is 0 Å². The number of nitrogens with zero attached hydrogens (tertiary/aromatic N) is 1. The van der Waals surface area contributed by atoms with Gasteiger partial charge in [-0.05, 0) is 13.0 Å². The van der Waals surface area contributed by atoms with Crippen molar-refractivity contribution in [2.45, 2.75) is 12.4 Å². The summed E-state index contributed by atoms with van der Waals surface area (Å²) in [4.78, 5) is 0. The summed E-state index contributed by atoms with van der Waals surface area (Å²) in [5.41, 5.74) is -6.51. The van der Waals surface area contributed by atoms with Gasteiger partial charge in [0.1, 0.15) is 11.4 Å². The second-order valence-corrected chi connectivity index (χ2v) is 5.40. The van der Waals surface area contributed by atoms with E-state index in [9.17, 15) is 21.6 Å². The molecule has 21 heavy (non-hydrogen) atoms. The maximum Gasteiger partial charge on any atom is 0.534 e. The molecule has 7 nitrogen and oxygen atoms in total. The minimum absolute atomic E-state index is 0.0759. The van der Waals surface area contributed by atoms with E-state index >= 15 is 0 Å². The normalized spacial score (nSPS) is 12.1. The van der Waals surface area contributed by atoms with Crippen molar-refractivity contribution in [2.24, 2.45) is 0 Å². The van der Waals surface area contributed by atoms with Crippen LogP contribution in [0.4, 0.5) is 18.9 Å². The fourth-order valence-electron chi connectivity index (χ4n) is 1.18. The zero-order valence-electron chi connectivity index (χ0n) is 10.3. The lowest BCUT2D eigenvalue weighted by molar-refractivity contribution is -0.0501. The molecule has 0 aliphatic heterocycles. The van der Waals surface area contributed by atoms with Crippen LogP contribution in [0.2, 0.25) is 5.02 Å². The molecule has 0 saturated heterocycles. The Balaban J connectivity index is 3.36. The molecule has 0 unspecified atom stereocenters. The van der Waals surface area contributed by atoms with E-state index < -0.39 is 32.3 Å². The van der Waals surface area contributed by atoms with E-state index in [2.05, 4.69) is 4.18 Å². The average Bonchev–Trinajstić information content (AvgIpc) is 2.31. The van der Waals surface area contributed by atoms with Crippen molar-refractivity contribution >= 4 is 27.4 Å². The first-order valence-electron chi connectivity index (χ1n) is 5.14. The highest BCUT2D eigenvalue weighted by atomic mass is 35.5. The van der Waals surface area contributed by atoms with Crippen molar-refractivity contribution in [3.8, 4) is 11.5 Å². The Kier molecular flexibility index (Phi) is 5.15. The van der Waals surface area contributed by atoms with Crippen molar-refractivity contribution in [1.82, 2.24) is 0 Å². The molecule has 0 bridgehead atoms. The summed E-state index contributed by atoms with van der Waals surface area (Å²) in [6.45, 7) is 1.62. The van der Waals surface area contributed by atoms with Crippen LogP contribution in [-0.2, 0) is 10.1 Å². The molecule has 0 aliphatic carbocycles. The van der Waals surface area contributed by atoms with E-state index in [1.54, 1.807) is 6.92 Å². The average molecular weight is 352 g/mol. The van der Waals surface area contributed by atoms with E-state index in [0.29, 0.717) is 6.07 Å². The summed E-state index contributed by atoms with van der Waals surface area (Å²) in [5.74, 6) is -1.22. The van der Waals surface area contributed by atoms with Gasteiger partial charge >= 0.3 is 15.6 Å². The number of halogens is 4. The van der Waals surface area contributed by atoms with Crippen LogP contribution in [0.25, 0.3) is 0 Å². The van der Waals surface area contributed by atoms with E-state index in [1.165, 1.54) is 0 Å².